The second-order valence-corrected chi connectivity index (χ2v) is 7.56. The molecule has 1 aromatic carbocycles. The topological polar surface area (TPSA) is 90.0 Å². The van der Waals surface area contributed by atoms with Gasteiger partial charge in [-0.25, -0.2) is 0 Å². The first kappa shape index (κ1) is 21.5. The number of benzene rings is 1. The fourth-order valence-corrected chi connectivity index (χ4v) is 3.28. The van der Waals surface area contributed by atoms with Gasteiger partial charge in [-0.15, -0.1) is 0 Å². The van der Waals surface area contributed by atoms with Crippen LogP contribution in [0.15, 0.2) is 45.7 Å². The number of nitrogens with zero attached hydrogens (tertiary/aromatic N) is 3. The monoisotopic (exact) mass is 408 g/mol. The van der Waals surface area contributed by atoms with Crippen molar-refractivity contribution in [3.05, 3.63) is 69.5 Å². The lowest BCUT2D eigenvalue weighted by Gasteiger charge is -2.14. The first-order valence-corrected chi connectivity index (χ1v) is 10.3. The second kappa shape index (κ2) is 9.52. The molecule has 3 aromatic rings. The maximum Gasteiger partial charge on any atom is 0.261 e. The van der Waals surface area contributed by atoms with Gasteiger partial charge >= 0.3 is 0 Å². The molecule has 1 atom stereocenters. The van der Waals surface area contributed by atoms with Crippen molar-refractivity contribution in [2.75, 3.05) is 0 Å². The molecule has 3 rings (SSSR count). The third-order valence-corrected chi connectivity index (χ3v) is 5.07. The summed E-state index contributed by atoms with van der Waals surface area (Å²) in [5.41, 5.74) is 3.40. The van der Waals surface area contributed by atoms with Crippen molar-refractivity contribution in [1.29, 1.82) is 0 Å². The number of amides is 1. The van der Waals surface area contributed by atoms with Crippen LogP contribution in [0.4, 0.5) is 0 Å². The summed E-state index contributed by atoms with van der Waals surface area (Å²) in [5.74, 6) is 0.502. The van der Waals surface area contributed by atoms with Gasteiger partial charge in [-0.3, -0.25) is 9.59 Å². The Bertz CT molecular complexity index is 1070. The van der Waals surface area contributed by atoms with Gasteiger partial charge in [0.25, 0.3) is 5.56 Å². The quantitative estimate of drug-likeness (QED) is 0.613. The molecule has 0 fully saturated rings. The molecule has 0 unspecified atom stereocenters. The number of aromatic nitrogens is 3. The van der Waals surface area contributed by atoms with Crippen molar-refractivity contribution < 1.29 is 9.32 Å². The van der Waals surface area contributed by atoms with Crippen LogP contribution in [0.2, 0.25) is 0 Å². The number of carbonyl (C=O) groups excluding carboxylic acids is 1. The van der Waals surface area contributed by atoms with Crippen LogP contribution in [0.25, 0.3) is 11.4 Å². The van der Waals surface area contributed by atoms with Crippen LogP contribution in [0.5, 0.6) is 0 Å². The van der Waals surface area contributed by atoms with Gasteiger partial charge in [-0.2, -0.15) is 4.98 Å². The highest BCUT2D eigenvalue weighted by molar-refractivity contribution is 5.76. The smallest absolute Gasteiger partial charge is 0.261 e. The van der Waals surface area contributed by atoms with Crippen molar-refractivity contribution in [2.24, 2.45) is 0 Å². The summed E-state index contributed by atoms with van der Waals surface area (Å²) in [4.78, 5) is 29.3. The predicted molar refractivity (Wildman–Crippen MR) is 115 cm³/mol. The van der Waals surface area contributed by atoms with Crippen molar-refractivity contribution >= 4 is 5.91 Å². The molecule has 0 saturated carbocycles. The summed E-state index contributed by atoms with van der Waals surface area (Å²) in [7, 11) is 0. The minimum atomic E-state index is -0.131. The molecular formula is C23H28N4O3. The molecule has 0 aliphatic rings. The van der Waals surface area contributed by atoms with E-state index in [1.165, 1.54) is 5.56 Å². The Labute approximate surface area is 176 Å². The highest BCUT2D eigenvalue weighted by atomic mass is 16.5. The Morgan fingerprint density at radius 1 is 1.17 bits per heavy atom. The van der Waals surface area contributed by atoms with E-state index in [9.17, 15) is 9.59 Å². The van der Waals surface area contributed by atoms with Crippen molar-refractivity contribution in [3.63, 3.8) is 0 Å². The van der Waals surface area contributed by atoms with Crippen LogP contribution in [-0.4, -0.2) is 20.6 Å². The summed E-state index contributed by atoms with van der Waals surface area (Å²) in [6, 6.07) is 11.6. The lowest BCUT2D eigenvalue weighted by molar-refractivity contribution is -0.121. The van der Waals surface area contributed by atoms with Gasteiger partial charge in [0.05, 0.1) is 11.6 Å². The fourth-order valence-electron chi connectivity index (χ4n) is 3.28. The number of hydrogen-bond donors (Lipinski definition) is 1. The number of rotatable bonds is 8. The molecule has 0 aliphatic carbocycles. The molecule has 0 saturated heterocycles. The average molecular weight is 409 g/mol. The maximum atomic E-state index is 12.7. The molecule has 0 radical (unpaired) electrons. The van der Waals surface area contributed by atoms with Crippen molar-refractivity contribution in [3.8, 4) is 11.4 Å². The zero-order chi connectivity index (χ0) is 21.7. The number of hydrogen-bond acceptors (Lipinski definition) is 5. The van der Waals surface area contributed by atoms with Gasteiger partial charge in [0, 0.05) is 25.1 Å². The molecule has 0 spiro atoms. The van der Waals surface area contributed by atoms with Gasteiger partial charge in [-0.05, 0) is 44.9 Å². The van der Waals surface area contributed by atoms with Crippen molar-refractivity contribution in [2.45, 2.75) is 59.5 Å². The fraction of sp³-hybridized carbons (Fsp3) is 0.391. The standard InChI is InChI=1S/C23H28N4O3/c1-5-14-27-16(3)8-11-19(23(27)29)22-25-21(30-26-22)13-12-20(28)24-17(4)18-9-6-15(2)7-10-18/h6-11,17H,5,12-14H2,1-4H3,(H,24,28)/t17-/m1/s1. The summed E-state index contributed by atoms with van der Waals surface area (Å²) in [5, 5.41) is 6.92. The Morgan fingerprint density at radius 3 is 2.60 bits per heavy atom. The lowest BCUT2D eigenvalue weighted by atomic mass is 10.1. The molecule has 1 amide bonds. The van der Waals surface area contributed by atoms with E-state index < -0.39 is 0 Å². The first-order valence-electron chi connectivity index (χ1n) is 10.3. The SMILES string of the molecule is CCCn1c(C)ccc(-c2noc(CCC(=O)N[C@H](C)c3ccc(C)cc3)n2)c1=O. The van der Waals surface area contributed by atoms with Crippen LogP contribution < -0.4 is 10.9 Å². The van der Waals surface area contributed by atoms with Crippen LogP contribution in [0.1, 0.15) is 55.4 Å². The molecule has 2 heterocycles. The Morgan fingerprint density at radius 2 is 1.90 bits per heavy atom. The van der Waals surface area contributed by atoms with Crippen LogP contribution >= 0.6 is 0 Å². The van der Waals surface area contributed by atoms with E-state index >= 15 is 0 Å². The second-order valence-electron chi connectivity index (χ2n) is 7.56. The summed E-state index contributed by atoms with van der Waals surface area (Å²) >= 11 is 0. The van der Waals surface area contributed by atoms with E-state index in [0.29, 0.717) is 24.4 Å². The first-order chi connectivity index (χ1) is 14.4. The molecule has 1 N–H and O–H groups in total. The number of aryl methyl sites for hydroxylation is 3. The largest absolute Gasteiger partial charge is 0.350 e. The molecule has 158 valence electrons. The third kappa shape index (κ3) is 5.03. The Hall–Kier alpha value is -3.22. The van der Waals surface area contributed by atoms with E-state index in [2.05, 4.69) is 15.5 Å². The summed E-state index contributed by atoms with van der Waals surface area (Å²) in [6.45, 7) is 8.55. The molecule has 7 nitrogen and oxygen atoms in total. The molecule has 0 aliphatic heterocycles. The molecule has 0 bridgehead atoms. The van der Waals surface area contributed by atoms with E-state index in [1.54, 1.807) is 10.6 Å². The third-order valence-electron chi connectivity index (χ3n) is 5.07. The van der Waals surface area contributed by atoms with E-state index in [4.69, 9.17) is 4.52 Å². The summed E-state index contributed by atoms with van der Waals surface area (Å²) in [6.07, 6.45) is 1.40. The molecular weight excluding hydrogens is 380 g/mol. The van der Waals surface area contributed by atoms with Crippen LogP contribution in [-0.2, 0) is 17.8 Å². The van der Waals surface area contributed by atoms with Gasteiger partial charge in [-0.1, -0.05) is 41.9 Å². The minimum absolute atomic E-state index is 0.0825. The lowest BCUT2D eigenvalue weighted by Crippen LogP contribution is -2.26. The highest BCUT2D eigenvalue weighted by Gasteiger charge is 2.16. The Balaban J connectivity index is 1.62. The minimum Gasteiger partial charge on any atom is -0.350 e. The van der Waals surface area contributed by atoms with Crippen molar-refractivity contribution in [1.82, 2.24) is 20.0 Å². The zero-order valence-electron chi connectivity index (χ0n) is 17.9. The normalized spacial score (nSPS) is 12.0. The van der Waals surface area contributed by atoms with Gasteiger partial charge in [0.1, 0.15) is 0 Å². The highest BCUT2D eigenvalue weighted by Crippen LogP contribution is 2.15. The van der Waals surface area contributed by atoms with Gasteiger partial charge in [0.2, 0.25) is 17.6 Å². The predicted octanol–water partition coefficient (Wildman–Crippen LogP) is 3.74. The summed E-state index contributed by atoms with van der Waals surface area (Å²) < 4.78 is 6.98. The van der Waals surface area contributed by atoms with Crippen LogP contribution in [0, 0.1) is 13.8 Å². The zero-order valence-corrected chi connectivity index (χ0v) is 17.9. The maximum absolute atomic E-state index is 12.7. The van der Waals surface area contributed by atoms with E-state index in [-0.39, 0.29) is 29.8 Å². The van der Waals surface area contributed by atoms with E-state index in [1.807, 2.05) is 58.0 Å². The Kier molecular flexibility index (Phi) is 6.82. The number of carbonyl (C=O) groups is 1. The van der Waals surface area contributed by atoms with E-state index in [0.717, 1.165) is 17.7 Å². The van der Waals surface area contributed by atoms with Gasteiger partial charge in [0.15, 0.2) is 0 Å². The molecule has 2 aromatic heterocycles. The van der Waals surface area contributed by atoms with Crippen LogP contribution in [0.3, 0.4) is 0 Å². The van der Waals surface area contributed by atoms with Gasteiger partial charge < -0.3 is 14.4 Å². The number of pyridine rings is 1. The molecule has 30 heavy (non-hydrogen) atoms. The number of nitrogens with one attached hydrogen (secondary N) is 1. The average Bonchev–Trinajstić information content (AvgIpc) is 3.19. The molecule has 7 heteroatoms.